The van der Waals surface area contributed by atoms with Crippen molar-refractivity contribution in [3.8, 4) is 5.75 Å². The third-order valence-corrected chi connectivity index (χ3v) is 5.24. The molecule has 0 spiro atoms. The van der Waals surface area contributed by atoms with Crippen LogP contribution in [-0.2, 0) is 0 Å². The molecular weight excluding hydrogens is 342 g/mol. The number of aliphatic hydroxyl groups is 1. The van der Waals surface area contributed by atoms with Crippen LogP contribution in [0.15, 0.2) is 18.2 Å². The lowest BCUT2D eigenvalue weighted by Crippen LogP contribution is -2.41. The van der Waals surface area contributed by atoms with Crippen LogP contribution in [-0.4, -0.2) is 72.3 Å². The van der Waals surface area contributed by atoms with E-state index in [1.807, 2.05) is 0 Å². The SMILES string of the molecule is NCCCOc1ccc(C(=O)N2C[C@H](O)[C@@H](N3CCCC3)C2)cc1Cl. The van der Waals surface area contributed by atoms with Crippen LogP contribution < -0.4 is 10.5 Å². The second-order valence-electron chi connectivity index (χ2n) is 6.72. The van der Waals surface area contributed by atoms with Crippen molar-refractivity contribution in [1.82, 2.24) is 9.80 Å². The summed E-state index contributed by atoms with van der Waals surface area (Å²) >= 11 is 6.24. The van der Waals surface area contributed by atoms with Gasteiger partial charge in [-0.25, -0.2) is 0 Å². The van der Waals surface area contributed by atoms with Gasteiger partial charge in [-0.2, -0.15) is 0 Å². The number of likely N-dealkylation sites (tertiary alicyclic amines) is 2. The van der Waals surface area contributed by atoms with Gasteiger partial charge in [-0.15, -0.1) is 0 Å². The van der Waals surface area contributed by atoms with E-state index in [1.54, 1.807) is 23.1 Å². The average molecular weight is 368 g/mol. The third-order valence-electron chi connectivity index (χ3n) is 4.94. The second kappa shape index (κ2) is 8.36. The smallest absolute Gasteiger partial charge is 0.254 e. The number of benzene rings is 1. The summed E-state index contributed by atoms with van der Waals surface area (Å²) in [5, 5.41) is 10.8. The fourth-order valence-electron chi connectivity index (χ4n) is 3.57. The first kappa shape index (κ1) is 18.5. The molecule has 7 heteroatoms. The molecule has 3 N–H and O–H groups in total. The Morgan fingerprint density at radius 1 is 1.32 bits per heavy atom. The summed E-state index contributed by atoms with van der Waals surface area (Å²) < 4.78 is 5.56. The number of amides is 1. The van der Waals surface area contributed by atoms with E-state index in [0.717, 1.165) is 19.5 Å². The Kier molecular flexibility index (Phi) is 6.17. The molecule has 1 aromatic rings. The number of aliphatic hydroxyl groups excluding tert-OH is 1. The Hall–Kier alpha value is -1.34. The van der Waals surface area contributed by atoms with E-state index < -0.39 is 6.10 Å². The fourth-order valence-corrected chi connectivity index (χ4v) is 3.80. The van der Waals surface area contributed by atoms with Crippen LogP contribution >= 0.6 is 11.6 Å². The number of carbonyl (C=O) groups excluding carboxylic acids is 1. The molecule has 6 nitrogen and oxygen atoms in total. The summed E-state index contributed by atoms with van der Waals surface area (Å²) in [7, 11) is 0. The number of hydrogen-bond donors (Lipinski definition) is 2. The first-order valence-corrected chi connectivity index (χ1v) is 9.31. The quantitative estimate of drug-likeness (QED) is 0.742. The molecule has 2 saturated heterocycles. The second-order valence-corrected chi connectivity index (χ2v) is 7.13. The van der Waals surface area contributed by atoms with E-state index in [9.17, 15) is 9.90 Å². The van der Waals surface area contributed by atoms with Gasteiger partial charge in [0.1, 0.15) is 5.75 Å². The maximum Gasteiger partial charge on any atom is 0.254 e. The molecule has 0 radical (unpaired) electrons. The standard InChI is InChI=1S/C18H26ClN3O3/c19-14-10-13(4-5-17(14)25-9-3-6-20)18(24)22-11-15(16(23)12-22)21-7-1-2-8-21/h4-5,10,15-16,23H,1-3,6-9,11-12,20H2/t15-,16-/m0/s1. The van der Waals surface area contributed by atoms with E-state index in [-0.39, 0.29) is 11.9 Å². The van der Waals surface area contributed by atoms with Crippen molar-refractivity contribution < 1.29 is 14.6 Å². The number of β-amino-alcohol motifs (C(OH)–C–C–N with tert-alkyl or cyclic N) is 1. The summed E-state index contributed by atoms with van der Waals surface area (Å²) in [6, 6.07) is 5.12. The molecule has 0 unspecified atom stereocenters. The molecule has 3 rings (SSSR count). The zero-order valence-corrected chi connectivity index (χ0v) is 15.1. The number of nitrogens with zero attached hydrogens (tertiary/aromatic N) is 2. The Morgan fingerprint density at radius 3 is 2.76 bits per heavy atom. The van der Waals surface area contributed by atoms with E-state index >= 15 is 0 Å². The molecule has 2 atom stereocenters. The monoisotopic (exact) mass is 367 g/mol. The largest absolute Gasteiger partial charge is 0.492 e. The summed E-state index contributed by atoms with van der Waals surface area (Å²) in [5.41, 5.74) is 5.96. The van der Waals surface area contributed by atoms with Gasteiger partial charge in [-0.05, 0) is 57.1 Å². The van der Waals surface area contributed by atoms with Crippen molar-refractivity contribution >= 4 is 17.5 Å². The van der Waals surface area contributed by atoms with Gasteiger partial charge in [0.25, 0.3) is 5.91 Å². The first-order valence-electron chi connectivity index (χ1n) is 8.94. The predicted octanol–water partition coefficient (Wildman–Crippen LogP) is 1.35. The summed E-state index contributed by atoms with van der Waals surface area (Å²) in [4.78, 5) is 16.8. The van der Waals surface area contributed by atoms with Crippen molar-refractivity contribution in [2.45, 2.75) is 31.4 Å². The normalized spacial score (nSPS) is 24.0. The highest BCUT2D eigenvalue weighted by Gasteiger charge is 2.38. The molecule has 0 saturated carbocycles. The predicted molar refractivity (Wildman–Crippen MR) is 97.1 cm³/mol. The first-order chi connectivity index (χ1) is 12.1. The lowest BCUT2D eigenvalue weighted by atomic mass is 10.2. The number of nitrogens with two attached hydrogens (primary N) is 1. The highest BCUT2D eigenvalue weighted by Crippen LogP contribution is 2.28. The minimum atomic E-state index is -0.489. The molecule has 25 heavy (non-hydrogen) atoms. The van der Waals surface area contributed by atoms with Gasteiger partial charge in [0.15, 0.2) is 0 Å². The molecular formula is C18H26ClN3O3. The molecule has 0 aliphatic carbocycles. The Morgan fingerprint density at radius 2 is 2.08 bits per heavy atom. The van der Waals surface area contributed by atoms with Crippen LogP contribution in [0.2, 0.25) is 5.02 Å². The van der Waals surface area contributed by atoms with Crippen LogP contribution in [0.25, 0.3) is 0 Å². The number of ether oxygens (including phenoxy) is 1. The van der Waals surface area contributed by atoms with Crippen LogP contribution in [0.3, 0.4) is 0 Å². The van der Waals surface area contributed by atoms with Crippen molar-refractivity contribution in [3.05, 3.63) is 28.8 Å². The molecule has 0 aromatic heterocycles. The van der Waals surface area contributed by atoms with E-state index in [2.05, 4.69) is 4.90 Å². The molecule has 138 valence electrons. The highest BCUT2D eigenvalue weighted by molar-refractivity contribution is 6.32. The molecule has 2 heterocycles. The highest BCUT2D eigenvalue weighted by atomic mass is 35.5. The Labute approximate surface area is 153 Å². The van der Waals surface area contributed by atoms with Crippen LogP contribution in [0, 0.1) is 0 Å². The summed E-state index contributed by atoms with van der Waals surface area (Å²) in [5.74, 6) is 0.458. The van der Waals surface area contributed by atoms with E-state index in [1.165, 1.54) is 12.8 Å². The lowest BCUT2D eigenvalue weighted by Gasteiger charge is -2.25. The van der Waals surface area contributed by atoms with Gasteiger partial charge < -0.3 is 20.5 Å². The van der Waals surface area contributed by atoms with Gasteiger partial charge in [-0.3, -0.25) is 9.69 Å². The fraction of sp³-hybridized carbons (Fsp3) is 0.611. The minimum absolute atomic E-state index is 0.0424. The Balaban J connectivity index is 1.63. The van der Waals surface area contributed by atoms with Crippen molar-refractivity contribution in [1.29, 1.82) is 0 Å². The molecule has 2 fully saturated rings. The minimum Gasteiger partial charge on any atom is -0.492 e. The van der Waals surface area contributed by atoms with Crippen molar-refractivity contribution in [3.63, 3.8) is 0 Å². The van der Waals surface area contributed by atoms with Crippen LogP contribution in [0.4, 0.5) is 0 Å². The number of carbonyl (C=O) groups is 1. The summed E-state index contributed by atoms with van der Waals surface area (Å²) in [6.45, 7) is 4.00. The molecule has 0 bridgehead atoms. The van der Waals surface area contributed by atoms with Crippen LogP contribution in [0.5, 0.6) is 5.75 Å². The van der Waals surface area contributed by atoms with Gasteiger partial charge in [0, 0.05) is 18.7 Å². The molecule has 2 aliphatic heterocycles. The third kappa shape index (κ3) is 4.26. The summed E-state index contributed by atoms with van der Waals surface area (Å²) in [6.07, 6.45) is 2.59. The van der Waals surface area contributed by atoms with Crippen molar-refractivity contribution in [2.75, 3.05) is 39.3 Å². The maximum absolute atomic E-state index is 12.8. The van der Waals surface area contributed by atoms with E-state index in [0.29, 0.717) is 42.6 Å². The molecule has 1 amide bonds. The van der Waals surface area contributed by atoms with Crippen LogP contribution in [0.1, 0.15) is 29.6 Å². The van der Waals surface area contributed by atoms with Gasteiger partial charge >= 0.3 is 0 Å². The number of halogens is 1. The maximum atomic E-state index is 12.8. The van der Waals surface area contributed by atoms with Gasteiger partial charge in [0.05, 0.1) is 23.8 Å². The van der Waals surface area contributed by atoms with Gasteiger partial charge in [-0.1, -0.05) is 11.6 Å². The van der Waals surface area contributed by atoms with Gasteiger partial charge in [0.2, 0.25) is 0 Å². The zero-order chi connectivity index (χ0) is 17.8. The lowest BCUT2D eigenvalue weighted by molar-refractivity contribution is 0.0763. The molecule has 2 aliphatic rings. The van der Waals surface area contributed by atoms with Crippen molar-refractivity contribution in [2.24, 2.45) is 5.73 Å². The molecule has 1 aromatic carbocycles. The average Bonchev–Trinajstić information content (AvgIpc) is 3.25. The topological polar surface area (TPSA) is 79.0 Å². The zero-order valence-electron chi connectivity index (χ0n) is 14.4. The Bertz CT molecular complexity index is 607. The number of rotatable bonds is 6. The van der Waals surface area contributed by atoms with E-state index in [4.69, 9.17) is 22.1 Å². The number of hydrogen-bond acceptors (Lipinski definition) is 5.